The lowest BCUT2D eigenvalue weighted by Gasteiger charge is -2.16. The maximum absolute atomic E-state index is 12.8. The van der Waals surface area contributed by atoms with Crippen LogP contribution in [0.3, 0.4) is 0 Å². The lowest BCUT2D eigenvalue weighted by molar-refractivity contribution is -0.0245. The first-order valence-corrected chi connectivity index (χ1v) is 12.2. The van der Waals surface area contributed by atoms with Crippen molar-refractivity contribution in [2.24, 2.45) is 0 Å². The summed E-state index contributed by atoms with van der Waals surface area (Å²) in [4.78, 5) is 24.9. The van der Waals surface area contributed by atoms with Crippen molar-refractivity contribution in [3.05, 3.63) is 83.5 Å². The molecule has 0 bridgehead atoms. The number of nitrogen functional groups attached to an aromatic ring is 1. The second kappa shape index (κ2) is 10.7. The van der Waals surface area contributed by atoms with E-state index in [9.17, 15) is 25.2 Å². The van der Waals surface area contributed by atoms with Crippen LogP contribution >= 0.6 is 0 Å². The molecule has 3 heterocycles. The van der Waals surface area contributed by atoms with Gasteiger partial charge in [-0.3, -0.25) is 9.36 Å². The Labute approximate surface area is 223 Å². The number of carbonyl (C=O) groups is 1. The Bertz CT molecular complexity index is 1540. The van der Waals surface area contributed by atoms with Gasteiger partial charge < -0.3 is 36.2 Å². The summed E-state index contributed by atoms with van der Waals surface area (Å²) < 4.78 is 7.30. The van der Waals surface area contributed by atoms with Crippen molar-refractivity contribution < 1.29 is 30.0 Å². The number of ether oxygens (including phenoxy) is 1. The van der Waals surface area contributed by atoms with E-state index in [0.29, 0.717) is 23.1 Å². The van der Waals surface area contributed by atoms with Crippen LogP contribution < -0.4 is 11.1 Å². The van der Waals surface area contributed by atoms with Crippen LogP contribution in [0.1, 0.15) is 33.3 Å². The van der Waals surface area contributed by atoms with E-state index in [2.05, 4.69) is 20.3 Å². The molecule has 4 atom stereocenters. The molecule has 0 aliphatic carbocycles. The number of phenols is 2. The number of nitrogens with one attached hydrogen (secondary N) is 1. The molecule has 5 rings (SSSR count). The van der Waals surface area contributed by atoms with Crippen LogP contribution in [0.15, 0.2) is 61.2 Å². The minimum absolute atomic E-state index is 0.0341. The van der Waals surface area contributed by atoms with E-state index in [4.69, 9.17) is 10.5 Å². The van der Waals surface area contributed by atoms with Gasteiger partial charge in [0.1, 0.15) is 30.2 Å². The predicted molar refractivity (Wildman–Crippen MR) is 141 cm³/mol. The maximum atomic E-state index is 12.8. The Morgan fingerprint density at radius 1 is 1.10 bits per heavy atom. The van der Waals surface area contributed by atoms with Crippen molar-refractivity contribution in [3.8, 4) is 11.5 Å². The molecule has 1 amide bonds. The lowest BCUT2D eigenvalue weighted by Crippen LogP contribution is -2.31. The Morgan fingerprint density at radius 2 is 1.87 bits per heavy atom. The number of aryl methyl sites for hydroxylation is 1. The lowest BCUT2D eigenvalue weighted by atomic mass is 10.0. The average Bonchev–Trinajstić information content (AvgIpc) is 3.47. The topological polar surface area (TPSA) is 189 Å². The largest absolute Gasteiger partial charge is 0.504 e. The number of amides is 1. The summed E-state index contributed by atoms with van der Waals surface area (Å²) in [5, 5.41) is 44.2. The summed E-state index contributed by atoms with van der Waals surface area (Å²) in [7, 11) is 0. The first-order chi connectivity index (χ1) is 18.7. The Hall–Kier alpha value is -4.52. The van der Waals surface area contributed by atoms with Gasteiger partial charge in [-0.15, -0.1) is 0 Å². The number of imidazole rings is 1. The van der Waals surface area contributed by atoms with Crippen molar-refractivity contribution in [1.29, 1.82) is 0 Å². The fourth-order valence-electron chi connectivity index (χ4n) is 4.47. The van der Waals surface area contributed by atoms with Gasteiger partial charge in [-0.05, 0) is 36.6 Å². The summed E-state index contributed by atoms with van der Waals surface area (Å²) in [6, 6.07) is 10.8. The van der Waals surface area contributed by atoms with E-state index in [1.165, 1.54) is 35.4 Å². The molecule has 12 heteroatoms. The number of nitrogens with zero attached hydrogens (tertiary/aromatic N) is 4. The second-order valence-electron chi connectivity index (χ2n) is 9.37. The molecule has 12 nitrogen and oxygen atoms in total. The summed E-state index contributed by atoms with van der Waals surface area (Å²) in [5.74, 6) is -1.31. The normalized spacial score (nSPS) is 21.1. The third-order valence-corrected chi connectivity index (χ3v) is 6.57. The number of aromatic hydroxyl groups is 2. The van der Waals surface area contributed by atoms with Crippen molar-refractivity contribution in [2.45, 2.75) is 37.9 Å². The fraction of sp³-hybridized carbons (Fsp3) is 0.259. The SMILES string of the molecule is Cc1ccc(Cc2cc(O)c(O)c(C(=O)NC/C=C/C3OC(n4cnc5c(N)ncnc54)C(O)C3O)c2)cc1. The zero-order chi connectivity index (χ0) is 27.7. The highest BCUT2D eigenvalue weighted by Crippen LogP contribution is 2.33. The van der Waals surface area contributed by atoms with Gasteiger partial charge in [-0.2, -0.15) is 0 Å². The molecule has 0 radical (unpaired) electrons. The van der Waals surface area contributed by atoms with E-state index >= 15 is 0 Å². The molecule has 1 aliphatic heterocycles. The molecule has 1 aliphatic rings. The van der Waals surface area contributed by atoms with Gasteiger partial charge in [0.05, 0.1) is 11.9 Å². The highest BCUT2D eigenvalue weighted by molar-refractivity contribution is 5.98. The average molecular weight is 533 g/mol. The molecular formula is C27H28N6O6. The number of anilines is 1. The van der Waals surface area contributed by atoms with Crippen LogP contribution in [-0.2, 0) is 11.2 Å². The molecule has 2 aromatic carbocycles. The third-order valence-electron chi connectivity index (χ3n) is 6.57. The van der Waals surface area contributed by atoms with Gasteiger partial charge in [0.15, 0.2) is 29.2 Å². The summed E-state index contributed by atoms with van der Waals surface area (Å²) in [5.41, 5.74) is 9.23. The molecule has 7 N–H and O–H groups in total. The number of benzene rings is 2. The number of fused-ring (bicyclic) bond motifs is 1. The van der Waals surface area contributed by atoms with Gasteiger partial charge in [-0.1, -0.05) is 42.0 Å². The van der Waals surface area contributed by atoms with Gasteiger partial charge in [0, 0.05) is 6.54 Å². The van der Waals surface area contributed by atoms with Crippen molar-refractivity contribution in [2.75, 3.05) is 12.3 Å². The molecule has 202 valence electrons. The standard InChI is InChI=1S/C27H28N6O6/c1-14-4-6-15(7-5-14)9-16-10-17(21(35)18(34)11-16)26(38)29-8-2-3-19-22(36)23(37)27(39-19)33-13-32-20-24(28)30-12-31-25(20)33/h2-7,10-13,19,22-23,27,34-37H,8-9H2,1H3,(H,29,38)(H2,28,30,31)/b3-2+. The van der Waals surface area contributed by atoms with Crippen LogP contribution in [0, 0.1) is 6.92 Å². The fourth-order valence-corrected chi connectivity index (χ4v) is 4.47. The monoisotopic (exact) mass is 532 g/mol. The predicted octanol–water partition coefficient (Wildman–Crippen LogP) is 1.32. The minimum Gasteiger partial charge on any atom is -0.504 e. The number of hydrogen-bond acceptors (Lipinski definition) is 10. The Kier molecular flexibility index (Phi) is 7.15. The molecule has 0 saturated carbocycles. The van der Waals surface area contributed by atoms with Gasteiger partial charge >= 0.3 is 0 Å². The number of aliphatic hydroxyl groups is 2. The van der Waals surface area contributed by atoms with E-state index in [1.54, 1.807) is 6.08 Å². The Balaban J connectivity index is 1.23. The highest BCUT2D eigenvalue weighted by Gasteiger charge is 2.43. The number of carbonyl (C=O) groups excluding carboxylic acids is 1. The number of aromatic nitrogens is 4. The summed E-state index contributed by atoms with van der Waals surface area (Å²) in [6.45, 7) is 2.02. The van der Waals surface area contributed by atoms with E-state index < -0.39 is 36.2 Å². The van der Waals surface area contributed by atoms with E-state index in [-0.39, 0.29) is 23.7 Å². The third kappa shape index (κ3) is 5.25. The minimum atomic E-state index is -1.28. The number of rotatable bonds is 7. The first kappa shape index (κ1) is 26.1. The van der Waals surface area contributed by atoms with Crippen LogP contribution in [0.2, 0.25) is 0 Å². The van der Waals surface area contributed by atoms with Gasteiger partial charge in [0.25, 0.3) is 5.91 Å². The smallest absolute Gasteiger partial charge is 0.255 e. The first-order valence-electron chi connectivity index (χ1n) is 12.2. The second-order valence-corrected chi connectivity index (χ2v) is 9.37. The van der Waals surface area contributed by atoms with Crippen LogP contribution in [-0.4, -0.2) is 70.7 Å². The molecule has 0 spiro atoms. The zero-order valence-corrected chi connectivity index (χ0v) is 21.0. The summed E-state index contributed by atoms with van der Waals surface area (Å²) in [6.07, 6.45) is 1.83. The van der Waals surface area contributed by atoms with Gasteiger partial charge in [0.2, 0.25) is 0 Å². The molecular weight excluding hydrogens is 504 g/mol. The van der Waals surface area contributed by atoms with Gasteiger partial charge in [-0.25, -0.2) is 15.0 Å². The van der Waals surface area contributed by atoms with Crippen LogP contribution in [0.25, 0.3) is 11.2 Å². The van der Waals surface area contributed by atoms with Crippen molar-refractivity contribution in [1.82, 2.24) is 24.8 Å². The summed E-state index contributed by atoms with van der Waals surface area (Å²) >= 11 is 0. The molecule has 1 saturated heterocycles. The number of aliphatic hydroxyl groups excluding tert-OH is 2. The highest BCUT2D eigenvalue weighted by atomic mass is 16.6. The van der Waals surface area contributed by atoms with Crippen molar-refractivity contribution >= 4 is 22.9 Å². The van der Waals surface area contributed by atoms with E-state index in [0.717, 1.165) is 11.1 Å². The number of hydrogen-bond donors (Lipinski definition) is 6. The molecule has 4 unspecified atom stereocenters. The Morgan fingerprint density at radius 3 is 2.64 bits per heavy atom. The number of phenolic OH excluding ortho intramolecular Hbond substituents is 2. The molecule has 39 heavy (non-hydrogen) atoms. The van der Waals surface area contributed by atoms with Crippen molar-refractivity contribution in [3.63, 3.8) is 0 Å². The quantitative estimate of drug-likeness (QED) is 0.150. The molecule has 4 aromatic rings. The maximum Gasteiger partial charge on any atom is 0.255 e. The van der Waals surface area contributed by atoms with E-state index in [1.807, 2.05) is 31.2 Å². The zero-order valence-electron chi connectivity index (χ0n) is 21.0. The number of nitrogens with two attached hydrogens (primary N) is 1. The van der Waals surface area contributed by atoms with Crippen LogP contribution in [0.4, 0.5) is 5.82 Å². The van der Waals surface area contributed by atoms with Crippen LogP contribution in [0.5, 0.6) is 11.5 Å². The molecule has 1 fully saturated rings. The molecule has 2 aromatic heterocycles.